The number of carbonyl (C=O) groups is 2. The first-order valence-corrected chi connectivity index (χ1v) is 13.0. The van der Waals surface area contributed by atoms with Crippen molar-refractivity contribution in [3.05, 3.63) is 63.6 Å². The highest BCUT2D eigenvalue weighted by molar-refractivity contribution is 7.99. The summed E-state index contributed by atoms with van der Waals surface area (Å²) in [6.07, 6.45) is 4.25. The molecule has 5 nitrogen and oxygen atoms in total. The van der Waals surface area contributed by atoms with Gasteiger partial charge in [0, 0.05) is 28.4 Å². The van der Waals surface area contributed by atoms with Gasteiger partial charge in [-0.05, 0) is 55.2 Å². The van der Waals surface area contributed by atoms with Crippen molar-refractivity contribution in [1.82, 2.24) is 10.2 Å². The third-order valence-electron chi connectivity index (χ3n) is 5.88. The number of amides is 2. The molecule has 0 radical (unpaired) electrons. The molecule has 1 aliphatic rings. The fourth-order valence-corrected chi connectivity index (χ4v) is 5.21. The predicted octanol–water partition coefficient (Wildman–Crippen LogP) is 5.71. The van der Waals surface area contributed by atoms with E-state index in [2.05, 4.69) is 5.32 Å². The van der Waals surface area contributed by atoms with E-state index < -0.39 is 6.04 Å². The highest BCUT2D eigenvalue weighted by Crippen LogP contribution is 2.25. The van der Waals surface area contributed by atoms with Crippen LogP contribution in [-0.2, 0) is 21.9 Å². The lowest BCUT2D eigenvalue weighted by molar-refractivity contribution is -0.138. The Hall–Kier alpha value is -1.89. The summed E-state index contributed by atoms with van der Waals surface area (Å²) in [7, 11) is 1.63. The van der Waals surface area contributed by atoms with E-state index in [-0.39, 0.29) is 30.2 Å². The first-order valence-electron chi connectivity index (χ1n) is 11.1. The Labute approximate surface area is 210 Å². The van der Waals surface area contributed by atoms with Crippen LogP contribution in [0.25, 0.3) is 0 Å². The average molecular weight is 509 g/mol. The third-order valence-corrected chi connectivity index (χ3v) is 7.45. The van der Waals surface area contributed by atoms with Crippen LogP contribution in [0.4, 0.5) is 0 Å². The second-order valence-electron chi connectivity index (χ2n) is 8.26. The van der Waals surface area contributed by atoms with Gasteiger partial charge in [-0.15, -0.1) is 11.8 Å². The van der Waals surface area contributed by atoms with Gasteiger partial charge in [-0.1, -0.05) is 54.2 Å². The minimum Gasteiger partial charge on any atom is -0.497 e. The van der Waals surface area contributed by atoms with Gasteiger partial charge in [0.1, 0.15) is 11.8 Å². The van der Waals surface area contributed by atoms with Crippen LogP contribution in [0, 0.1) is 0 Å². The van der Waals surface area contributed by atoms with E-state index in [4.69, 9.17) is 27.9 Å². The molecule has 0 aliphatic heterocycles. The van der Waals surface area contributed by atoms with E-state index in [0.29, 0.717) is 15.8 Å². The zero-order chi connectivity index (χ0) is 23.8. The van der Waals surface area contributed by atoms with Crippen molar-refractivity contribution in [1.29, 1.82) is 0 Å². The van der Waals surface area contributed by atoms with Crippen molar-refractivity contribution in [3.8, 4) is 5.75 Å². The number of rotatable bonds is 10. The molecule has 1 fully saturated rings. The predicted molar refractivity (Wildman–Crippen MR) is 136 cm³/mol. The monoisotopic (exact) mass is 508 g/mol. The van der Waals surface area contributed by atoms with Gasteiger partial charge in [-0.25, -0.2) is 0 Å². The van der Waals surface area contributed by atoms with E-state index >= 15 is 0 Å². The summed E-state index contributed by atoms with van der Waals surface area (Å²) in [5, 5.41) is 4.12. The zero-order valence-electron chi connectivity index (χ0n) is 19.0. The number of halogens is 2. The minimum absolute atomic E-state index is 0.103. The molecule has 0 unspecified atom stereocenters. The molecule has 1 atom stereocenters. The van der Waals surface area contributed by atoms with E-state index in [1.54, 1.807) is 37.1 Å². The minimum atomic E-state index is -0.605. The fourth-order valence-electron chi connectivity index (χ4n) is 3.87. The van der Waals surface area contributed by atoms with E-state index in [0.717, 1.165) is 42.6 Å². The largest absolute Gasteiger partial charge is 0.497 e. The summed E-state index contributed by atoms with van der Waals surface area (Å²) in [5.41, 5.74) is 1.86. The van der Waals surface area contributed by atoms with Gasteiger partial charge in [-0.2, -0.15) is 0 Å². The summed E-state index contributed by atoms with van der Waals surface area (Å²) in [6, 6.07) is 12.6. The second kappa shape index (κ2) is 12.5. The highest BCUT2D eigenvalue weighted by Gasteiger charge is 2.28. The van der Waals surface area contributed by atoms with E-state index in [1.165, 1.54) is 11.8 Å². The topological polar surface area (TPSA) is 58.6 Å². The molecule has 0 bridgehead atoms. The molecule has 8 heteroatoms. The van der Waals surface area contributed by atoms with Crippen LogP contribution < -0.4 is 10.1 Å². The van der Waals surface area contributed by atoms with Crippen LogP contribution in [0.15, 0.2) is 42.5 Å². The lowest BCUT2D eigenvalue weighted by Gasteiger charge is -2.30. The van der Waals surface area contributed by atoms with E-state index in [1.807, 2.05) is 24.3 Å². The lowest BCUT2D eigenvalue weighted by Crippen LogP contribution is -2.50. The third kappa shape index (κ3) is 7.56. The Morgan fingerprint density at radius 1 is 1.15 bits per heavy atom. The van der Waals surface area contributed by atoms with Crippen molar-refractivity contribution >= 4 is 46.8 Å². The molecule has 33 heavy (non-hydrogen) atoms. The highest BCUT2D eigenvalue weighted by atomic mass is 35.5. The SMILES string of the molecule is COc1ccc(CSCC(=O)N(Cc2ccc(Cl)cc2Cl)[C@@H](C)C(=O)NC2CCCC2)cc1. The van der Waals surface area contributed by atoms with Crippen molar-refractivity contribution in [2.24, 2.45) is 0 Å². The van der Waals surface area contributed by atoms with Crippen molar-refractivity contribution in [2.75, 3.05) is 12.9 Å². The van der Waals surface area contributed by atoms with Gasteiger partial charge in [0.25, 0.3) is 0 Å². The molecule has 0 saturated heterocycles. The molecule has 0 spiro atoms. The molecule has 3 rings (SSSR count). The normalized spacial score (nSPS) is 14.7. The van der Waals surface area contributed by atoms with Crippen LogP contribution >= 0.6 is 35.0 Å². The zero-order valence-corrected chi connectivity index (χ0v) is 21.3. The van der Waals surface area contributed by atoms with Crippen LogP contribution in [0.3, 0.4) is 0 Å². The smallest absolute Gasteiger partial charge is 0.242 e. The molecule has 0 heterocycles. The quantitative estimate of drug-likeness (QED) is 0.446. The number of thioether (sulfide) groups is 1. The van der Waals surface area contributed by atoms with Crippen molar-refractivity contribution in [2.45, 2.75) is 57.0 Å². The number of benzene rings is 2. The summed E-state index contributed by atoms with van der Waals surface area (Å²) < 4.78 is 5.19. The summed E-state index contributed by atoms with van der Waals surface area (Å²) in [6.45, 7) is 2.03. The maximum atomic E-state index is 13.2. The number of nitrogens with zero attached hydrogens (tertiary/aromatic N) is 1. The first kappa shape index (κ1) is 25.7. The summed E-state index contributed by atoms with van der Waals surface area (Å²) in [5.74, 6) is 1.52. The second-order valence-corrected chi connectivity index (χ2v) is 10.1. The Morgan fingerprint density at radius 2 is 1.85 bits per heavy atom. The molecule has 0 aromatic heterocycles. The van der Waals surface area contributed by atoms with Crippen molar-refractivity contribution < 1.29 is 14.3 Å². The van der Waals surface area contributed by atoms with E-state index in [9.17, 15) is 9.59 Å². The Morgan fingerprint density at radius 3 is 2.48 bits per heavy atom. The number of hydrogen-bond acceptors (Lipinski definition) is 4. The average Bonchev–Trinajstić information content (AvgIpc) is 3.31. The van der Waals surface area contributed by atoms with Gasteiger partial charge < -0.3 is 15.0 Å². The lowest BCUT2D eigenvalue weighted by atomic mass is 10.1. The molecule has 2 aromatic carbocycles. The fraction of sp³-hybridized carbons (Fsp3) is 0.440. The van der Waals surface area contributed by atoms with Gasteiger partial charge in [0.15, 0.2) is 0 Å². The maximum Gasteiger partial charge on any atom is 0.242 e. The van der Waals surface area contributed by atoms with Gasteiger partial charge >= 0.3 is 0 Å². The molecule has 2 amide bonds. The molecular weight excluding hydrogens is 479 g/mol. The maximum absolute atomic E-state index is 13.2. The summed E-state index contributed by atoms with van der Waals surface area (Å²) in [4.78, 5) is 27.8. The number of nitrogens with one attached hydrogen (secondary N) is 1. The number of methoxy groups -OCH3 is 1. The Balaban J connectivity index is 1.67. The van der Waals surface area contributed by atoms with Gasteiger partial charge in [-0.3, -0.25) is 9.59 Å². The number of ether oxygens (including phenoxy) is 1. The summed E-state index contributed by atoms with van der Waals surface area (Å²) >= 11 is 13.9. The number of hydrogen-bond donors (Lipinski definition) is 1. The van der Waals surface area contributed by atoms with Gasteiger partial charge in [0.05, 0.1) is 12.9 Å². The van der Waals surface area contributed by atoms with Crippen LogP contribution in [-0.4, -0.2) is 41.7 Å². The Bertz CT molecular complexity index is 949. The van der Waals surface area contributed by atoms with Crippen molar-refractivity contribution in [3.63, 3.8) is 0 Å². The van der Waals surface area contributed by atoms with Crippen LogP contribution in [0.2, 0.25) is 10.0 Å². The number of carbonyl (C=O) groups excluding carboxylic acids is 2. The molecule has 1 aliphatic carbocycles. The standard InChI is InChI=1S/C25H30Cl2N2O3S/c1-17(25(31)28-21-5-3-4-6-21)29(14-19-9-10-20(26)13-23(19)27)24(30)16-33-15-18-7-11-22(32-2)12-8-18/h7-13,17,21H,3-6,14-16H2,1-2H3,(H,28,31)/t17-/m0/s1. The molecule has 1 N–H and O–H groups in total. The Kier molecular flexibility index (Phi) is 9.78. The first-order chi connectivity index (χ1) is 15.9. The molecular formula is C25H30Cl2N2O3S. The molecule has 1 saturated carbocycles. The molecule has 2 aromatic rings. The van der Waals surface area contributed by atoms with Crippen LogP contribution in [0.1, 0.15) is 43.7 Å². The van der Waals surface area contributed by atoms with Gasteiger partial charge in [0.2, 0.25) is 11.8 Å². The molecule has 178 valence electrons. The van der Waals surface area contributed by atoms with Crippen LogP contribution in [0.5, 0.6) is 5.75 Å².